The summed E-state index contributed by atoms with van der Waals surface area (Å²) in [7, 11) is -1.47. The minimum Gasteiger partial charge on any atom is -0.354 e. The zero-order chi connectivity index (χ0) is 25.7. The molecule has 0 spiro atoms. The summed E-state index contributed by atoms with van der Waals surface area (Å²) in [5.41, 5.74) is 3.56. The molecular weight excluding hydrogens is 476 g/mol. The fraction of sp³-hybridized carbons (Fsp3) is 0.385. The van der Waals surface area contributed by atoms with Gasteiger partial charge in [-0.15, -0.1) is 0 Å². The molecule has 2 heterocycles. The van der Waals surface area contributed by atoms with E-state index in [1.807, 2.05) is 43.5 Å². The molecule has 2 unspecified atom stereocenters. The van der Waals surface area contributed by atoms with Crippen LogP contribution in [0.5, 0.6) is 0 Å². The highest BCUT2D eigenvalue weighted by Crippen LogP contribution is 2.24. The number of pyridine rings is 1. The van der Waals surface area contributed by atoms with Gasteiger partial charge in [-0.05, 0) is 55.4 Å². The van der Waals surface area contributed by atoms with E-state index in [9.17, 15) is 13.8 Å². The van der Waals surface area contributed by atoms with E-state index in [2.05, 4.69) is 15.1 Å². The third kappa shape index (κ3) is 6.17. The molecule has 0 aliphatic heterocycles. The Hall–Kier alpha value is -3.53. The van der Waals surface area contributed by atoms with Crippen LogP contribution in [0.2, 0.25) is 0 Å². The Morgan fingerprint density at radius 3 is 2.75 bits per heavy atom. The van der Waals surface area contributed by atoms with Gasteiger partial charge < -0.3 is 9.88 Å². The minimum atomic E-state index is -1.47. The van der Waals surface area contributed by atoms with Gasteiger partial charge in [0.05, 0.1) is 11.4 Å². The summed E-state index contributed by atoms with van der Waals surface area (Å²) in [4.78, 5) is 25.7. The van der Waals surface area contributed by atoms with Gasteiger partial charge in [0.25, 0.3) is 5.56 Å². The second-order valence-corrected chi connectivity index (χ2v) is 10.3. The Bertz CT molecular complexity index is 1330. The average Bonchev–Trinajstić information content (AvgIpc) is 3.30. The lowest BCUT2D eigenvalue weighted by molar-refractivity contribution is -0.121. The summed E-state index contributed by atoms with van der Waals surface area (Å²) in [6, 6.07) is 12.8. The Morgan fingerprint density at radius 1 is 1.22 bits per heavy atom. The zero-order valence-corrected chi connectivity index (χ0v) is 21.4. The quantitative estimate of drug-likeness (QED) is 0.304. The third-order valence-corrected chi connectivity index (χ3v) is 7.48. The highest BCUT2D eigenvalue weighted by molar-refractivity contribution is 7.85. The summed E-state index contributed by atoms with van der Waals surface area (Å²) in [6.45, 7) is 4.12. The van der Waals surface area contributed by atoms with Gasteiger partial charge in [0, 0.05) is 24.9 Å². The number of carbonyl (C=O) groups is 1. The van der Waals surface area contributed by atoms with Crippen molar-refractivity contribution in [3.05, 3.63) is 81.5 Å². The molecule has 0 saturated carbocycles. The number of hydrogen-bond acceptors (Lipinski definition) is 5. The molecule has 36 heavy (non-hydrogen) atoms. The Labute approximate surface area is 213 Å². The number of amides is 1. The lowest BCUT2D eigenvalue weighted by Crippen LogP contribution is -2.37. The van der Waals surface area contributed by atoms with Crippen LogP contribution >= 0.6 is 0 Å². The highest BCUT2D eigenvalue weighted by Gasteiger charge is 2.23. The van der Waals surface area contributed by atoms with E-state index >= 15 is 0 Å². The lowest BCUT2D eigenvalue weighted by atomic mass is 9.88. The lowest BCUT2D eigenvalue weighted by Gasteiger charge is -2.21. The van der Waals surface area contributed by atoms with Gasteiger partial charge in [0.1, 0.15) is 29.1 Å². The number of rotatable bonds is 9. The number of nitrogens with zero attached hydrogens (tertiary/aromatic N) is 3. The van der Waals surface area contributed by atoms with Gasteiger partial charge in [0.15, 0.2) is 0 Å². The van der Waals surface area contributed by atoms with Crippen LogP contribution in [0.1, 0.15) is 42.3 Å². The van der Waals surface area contributed by atoms with Crippen LogP contribution in [0, 0.1) is 18.3 Å². The van der Waals surface area contributed by atoms with Crippen LogP contribution in [0.25, 0.3) is 0 Å². The van der Waals surface area contributed by atoms with E-state index in [-0.39, 0.29) is 35.4 Å². The molecule has 0 saturated heterocycles. The Balaban J connectivity index is 1.34. The predicted molar refractivity (Wildman–Crippen MR) is 142 cm³/mol. The molecule has 1 aliphatic rings. The van der Waals surface area contributed by atoms with Crippen molar-refractivity contribution in [3.63, 3.8) is 0 Å². The van der Waals surface area contributed by atoms with Gasteiger partial charge in [-0.3, -0.25) is 19.7 Å². The topological polar surface area (TPSA) is 122 Å². The van der Waals surface area contributed by atoms with Crippen LogP contribution in [-0.2, 0) is 40.9 Å². The molecule has 0 fully saturated rings. The van der Waals surface area contributed by atoms with Crippen LogP contribution in [0.4, 0.5) is 5.69 Å². The van der Waals surface area contributed by atoms with Crippen molar-refractivity contribution in [2.24, 2.45) is 5.92 Å². The molecule has 2 atom stereocenters. The second kappa shape index (κ2) is 11.5. The van der Waals surface area contributed by atoms with Gasteiger partial charge in [-0.25, -0.2) is 8.89 Å². The van der Waals surface area contributed by atoms with Crippen LogP contribution in [0.15, 0.2) is 53.5 Å². The molecule has 3 N–H and O–H groups in total. The standard InChI is InChI=1S/C26H32N6O3S/c1-3-24(27)32-15-21-13-20(10-12-22(21)29-32)14-28-25(33)16-31-18(2)9-11-23(26(31)34)30-36(35)17-19-7-5-4-6-8-19/h4-9,11,15,20,27,30H,3,10,12-14,16-17H2,1-2H3,(H,28,33). The Kier molecular flexibility index (Phi) is 8.14. The maximum atomic E-state index is 13.0. The molecule has 0 radical (unpaired) electrons. The van der Waals surface area contributed by atoms with Gasteiger partial charge in [-0.2, -0.15) is 5.10 Å². The first-order valence-corrected chi connectivity index (χ1v) is 13.5. The first-order valence-electron chi connectivity index (χ1n) is 12.1. The predicted octanol–water partition coefficient (Wildman–Crippen LogP) is 2.79. The summed E-state index contributed by atoms with van der Waals surface area (Å²) in [5, 5.41) is 15.5. The van der Waals surface area contributed by atoms with Crippen molar-refractivity contribution >= 4 is 28.4 Å². The van der Waals surface area contributed by atoms with Crippen molar-refractivity contribution in [1.29, 1.82) is 5.41 Å². The van der Waals surface area contributed by atoms with Gasteiger partial charge in [0.2, 0.25) is 5.91 Å². The monoisotopic (exact) mass is 508 g/mol. The maximum Gasteiger partial charge on any atom is 0.275 e. The minimum absolute atomic E-state index is 0.102. The summed E-state index contributed by atoms with van der Waals surface area (Å²) in [5.74, 6) is 0.782. The fourth-order valence-electron chi connectivity index (χ4n) is 4.34. The number of anilines is 1. The molecule has 3 aromatic rings. The molecule has 2 aromatic heterocycles. The van der Waals surface area contributed by atoms with Crippen molar-refractivity contribution in [2.75, 3.05) is 11.3 Å². The maximum absolute atomic E-state index is 13.0. The number of hydrogen-bond donors (Lipinski definition) is 3. The molecule has 4 rings (SSSR count). The van der Waals surface area contributed by atoms with E-state index in [0.717, 1.165) is 36.1 Å². The van der Waals surface area contributed by atoms with E-state index < -0.39 is 11.0 Å². The normalized spacial score (nSPS) is 15.7. The molecule has 1 aromatic carbocycles. The number of carbonyl (C=O) groups excluding carboxylic acids is 1. The van der Waals surface area contributed by atoms with Crippen LogP contribution in [-0.4, -0.2) is 36.8 Å². The van der Waals surface area contributed by atoms with Crippen molar-refractivity contribution in [2.45, 2.75) is 51.8 Å². The van der Waals surface area contributed by atoms with E-state index in [4.69, 9.17) is 5.41 Å². The summed E-state index contributed by atoms with van der Waals surface area (Å²) < 4.78 is 18.4. The van der Waals surface area contributed by atoms with Crippen molar-refractivity contribution in [3.8, 4) is 0 Å². The average molecular weight is 509 g/mol. The Morgan fingerprint density at radius 2 is 2.00 bits per heavy atom. The molecule has 190 valence electrons. The summed E-state index contributed by atoms with van der Waals surface area (Å²) in [6.07, 6.45) is 5.09. The highest BCUT2D eigenvalue weighted by atomic mass is 32.2. The molecule has 9 nitrogen and oxygen atoms in total. The molecule has 1 amide bonds. The number of aromatic nitrogens is 3. The fourth-order valence-corrected chi connectivity index (χ4v) is 5.31. The molecule has 1 aliphatic carbocycles. The number of benzene rings is 1. The first kappa shape index (κ1) is 25.6. The van der Waals surface area contributed by atoms with E-state index in [0.29, 0.717) is 24.5 Å². The van der Waals surface area contributed by atoms with Gasteiger partial charge >= 0.3 is 0 Å². The molecular formula is C26H32N6O3S. The van der Waals surface area contributed by atoms with E-state index in [1.54, 1.807) is 23.7 Å². The van der Waals surface area contributed by atoms with Crippen LogP contribution < -0.4 is 15.6 Å². The molecule has 10 heteroatoms. The smallest absolute Gasteiger partial charge is 0.275 e. The van der Waals surface area contributed by atoms with E-state index in [1.165, 1.54) is 4.57 Å². The number of aryl methyl sites for hydroxylation is 2. The SMILES string of the molecule is CCC(=N)n1cc2c(n1)CCC(CNC(=O)Cn1c(C)ccc(NS(=O)Cc3ccccc3)c1=O)C2. The zero-order valence-electron chi connectivity index (χ0n) is 20.6. The van der Waals surface area contributed by atoms with Crippen molar-refractivity contribution in [1.82, 2.24) is 19.7 Å². The second-order valence-electron chi connectivity index (χ2n) is 9.12. The number of fused-ring (bicyclic) bond motifs is 1. The number of nitrogens with one attached hydrogen (secondary N) is 3. The van der Waals surface area contributed by atoms with Crippen LogP contribution in [0.3, 0.4) is 0 Å². The third-order valence-electron chi connectivity index (χ3n) is 6.43. The van der Waals surface area contributed by atoms with Gasteiger partial charge in [-0.1, -0.05) is 37.3 Å². The van der Waals surface area contributed by atoms with Crippen molar-refractivity contribution < 1.29 is 9.00 Å². The molecule has 0 bridgehead atoms. The first-order chi connectivity index (χ1) is 17.3. The largest absolute Gasteiger partial charge is 0.354 e. The summed E-state index contributed by atoms with van der Waals surface area (Å²) >= 11 is 0.